The van der Waals surface area contributed by atoms with Gasteiger partial charge in [-0.3, -0.25) is 0 Å². The maximum Gasteiger partial charge on any atom is 0.0770 e. The van der Waals surface area contributed by atoms with Gasteiger partial charge in [-0.25, -0.2) is 0 Å². The van der Waals surface area contributed by atoms with Crippen LogP contribution < -0.4 is 10.6 Å². The Morgan fingerprint density at radius 3 is 2.13 bits per heavy atom. The molecular weight excluding hydrogens is 591 g/mol. The molecule has 10 rings (SSSR count). The first-order valence-corrected chi connectivity index (χ1v) is 17.0. The lowest BCUT2D eigenvalue weighted by atomic mass is 9.77. The van der Waals surface area contributed by atoms with Crippen molar-refractivity contribution in [3.05, 3.63) is 162 Å². The topological polar surface area (TPSA) is 34.2 Å². The standard InChI is InChI=1S/C43H31N3S/c1-43-25-24-33-32-16-7-10-21-39(32)47-42(33)40(43)34-23-22-27(26-38(34)46(43)28-12-3-2-4-13-28)29-17-11-18-35(44)41(29)45-36-19-8-5-14-30(36)31-15-6-9-20-37(31)45/h2-26,40H,44H2,1H3. The fraction of sp³-hybridized carbons (Fsp3) is 0.0698. The highest BCUT2D eigenvalue weighted by Crippen LogP contribution is 2.60. The van der Waals surface area contributed by atoms with E-state index in [1.165, 1.54) is 48.2 Å². The largest absolute Gasteiger partial charge is 0.397 e. The third-order valence-corrected chi connectivity index (χ3v) is 11.6. The molecule has 8 aromatic rings. The molecule has 2 unspecified atom stereocenters. The molecule has 0 bridgehead atoms. The second-order valence-electron chi connectivity index (χ2n) is 12.9. The van der Waals surface area contributed by atoms with E-state index in [1.807, 2.05) is 17.4 Å². The Hall–Kier alpha value is -5.58. The number of nitrogens with two attached hydrogens (primary N) is 1. The average Bonchev–Trinajstić information content (AvgIpc) is 3.73. The minimum Gasteiger partial charge on any atom is -0.397 e. The molecule has 0 saturated heterocycles. The van der Waals surface area contributed by atoms with Crippen LogP contribution in [0.2, 0.25) is 0 Å². The highest BCUT2D eigenvalue weighted by atomic mass is 32.1. The van der Waals surface area contributed by atoms with Gasteiger partial charge >= 0.3 is 0 Å². The van der Waals surface area contributed by atoms with E-state index in [2.05, 4.69) is 162 Å². The summed E-state index contributed by atoms with van der Waals surface area (Å²) in [5, 5.41) is 3.80. The molecule has 4 heteroatoms. The highest BCUT2D eigenvalue weighted by molar-refractivity contribution is 7.19. The molecule has 2 aromatic heterocycles. The molecule has 3 heterocycles. The van der Waals surface area contributed by atoms with Gasteiger partial charge in [0.15, 0.2) is 0 Å². The summed E-state index contributed by atoms with van der Waals surface area (Å²) in [6, 6.07) is 50.4. The summed E-state index contributed by atoms with van der Waals surface area (Å²) in [4.78, 5) is 4.01. The van der Waals surface area contributed by atoms with Crippen molar-refractivity contribution >= 4 is 66.4 Å². The number of fused-ring (bicyclic) bond motifs is 10. The zero-order valence-electron chi connectivity index (χ0n) is 25.9. The smallest absolute Gasteiger partial charge is 0.0770 e. The highest BCUT2D eigenvalue weighted by Gasteiger charge is 2.51. The van der Waals surface area contributed by atoms with Gasteiger partial charge in [-0.1, -0.05) is 109 Å². The monoisotopic (exact) mass is 621 g/mol. The number of aromatic nitrogens is 1. The van der Waals surface area contributed by atoms with Crippen molar-refractivity contribution in [3.8, 4) is 16.8 Å². The van der Waals surface area contributed by atoms with Crippen LogP contribution >= 0.6 is 11.3 Å². The van der Waals surface area contributed by atoms with E-state index in [9.17, 15) is 0 Å². The van der Waals surface area contributed by atoms with Crippen LogP contribution in [0, 0.1) is 0 Å². The van der Waals surface area contributed by atoms with Crippen LogP contribution in [0.15, 0.2) is 146 Å². The summed E-state index contributed by atoms with van der Waals surface area (Å²) < 4.78 is 3.70. The van der Waals surface area contributed by atoms with Gasteiger partial charge in [0.2, 0.25) is 0 Å². The molecule has 2 N–H and O–H groups in total. The molecule has 0 radical (unpaired) electrons. The van der Waals surface area contributed by atoms with Crippen molar-refractivity contribution in [1.82, 2.24) is 4.57 Å². The fourth-order valence-electron chi connectivity index (χ4n) is 8.35. The molecule has 1 aliphatic heterocycles. The number of rotatable bonds is 3. The van der Waals surface area contributed by atoms with E-state index >= 15 is 0 Å². The van der Waals surface area contributed by atoms with Crippen LogP contribution in [0.3, 0.4) is 0 Å². The van der Waals surface area contributed by atoms with E-state index in [0.29, 0.717) is 0 Å². The summed E-state index contributed by atoms with van der Waals surface area (Å²) in [7, 11) is 0. The first-order valence-electron chi connectivity index (χ1n) is 16.2. The number of para-hydroxylation sites is 4. The Morgan fingerprint density at radius 1 is 0.681 bits per heavy atom. The molecule has 47 heavy (non-hydrogen) atoms. The lowest BCUT2D eigenvalue weighted by Gasteiger charge is -2.40. The van der Waals surface area contributed by atoms with E-state index in [0.717, 1.165) is 33.5 Å². The van der Waals surface area contributed by atoms with Crippen LogP contribution in [-0.2, 0) is 0 Å². The molecule has 2 aliphatic rings. The quantitative estimate of drug-likeness (QED) is 0.199. The van der Waals surface area contributed by atoms with Gasteiger partial charge in [-0.2, -0.15) is 0 Å². The van der Waals surface area contributed by atoms with Gasteiger partial charge in [0, 0.05) is 43.2 Å². The average molecular weight is 622 g/mol. The van der Waals surface area contributed by atoms with Gasteiger partial charge < -0.3 is 15.2 Å². The molecule has 2 atom stereocenters. The lowest BCUT2D eigenvalue weighted by molar-refractivity contribution is 0.538. The van der Waals surface area contributed by atoms with Gasteiger partial charge in [0.05, 0.1) is 27.9 Å². The van der Waals surface area contributed by atoms with Gasteiger partial charge in [0.1, 0.15) is 0 Å². The fourth-order valence-corrected chi connectivity index (χ4v) is 9.80. The van der Waals surface area contributed by atoms with Crippen molar-refractivity contribution < 1.29 is 0 Å². The van der Waals surface area contributed by atoms with Gasteiger partial charge in [-0.05, 0) is 71.5 Å². The third-order valence-electron chi connectivity index (χ3n) is 10.4. The van der Waals surface area contributed by atoms with Crippen LogP contribution in [0.25, 0.3) is 54.8 Å². The van der Waals surface area contributed by atoms with Crippen molar-refractivity contribution in [3.63, 3.8) is 0 Å². The van der Waals surface area contributed by atoms with E-state index in [4.69, 9.17) is 5.73 Å². The second-order valence-corrected chi connectivity index (χ2v) is 14.0. The Kier molecular flexibility index (Phi) is 5.50. The second kappa shape index (κ2) is 9.71. The van der Waals surface area contributed by atoms with Crippen LogP contribution in [0.1, 0.15) is 28.8 Å². The molecule has 6 aromatic carbocycles. The Bertz CT molecular complexity index is 2520. The number of benzene rings is 6. The van der Waals surface area contributed by atoms with E-state index < -0.39 is 0 Å². The maximum absolute atomic E-state index is 6.93. The summed E-state index contributed by atoms with van der Waals surface area (Å²) in [5.74, 6) is 0.210. The first kappa shape index (κ1) is 26.6. The van der Waals surface area contributed by atoms with E-state index in [1.54, 1.807) is 0 Å². The Balaban J connectivity index is 1.23. The van der Waals surface area contributed by atoms with Crippen molar-refractivity contribution in [2.45, 2.75) is 18.4 Å². The van der Waals surface area contributed by atoms with Crippen LogP contribution in [0.5, 0.6) is 0 Å². The predicted octanol–water partition coefficient (Wildman–Crippen LogP) is 11.3. The first-order chi connectivity index (χ1) is 23.1. The molecule has 224 valence electrons. The van der Waals surface area contributed by atoms with Gasteiger partial charge in [0.25, 0.3) is 0 Å². The molecule has 3 nitrogen and oxygen atoms in total. The minimum absolute atomic E-state index is 0.210. The number of anilines is 3. The van der Waals surface area contributed by atoms with Crippen LogP contribution in [-0.4, -0.2) is 10.1 Å². The molecule has 0 fully saturated rings. The van der Waals surface area contributed by atoms with Crippen molar-refractivity contribution in [2.24, 2.45) is 0 Å². The molecule has 0 saturated carbocycles. The molecule has 1 aliphatic carbocycles. The molecule has 0 spiro atoms. The van der Waals surface area contributed by atoms with Gasteiger partial charge in [-0.15, -0.1) is 11.3 Å². The number of nitrogen functional groups attached to an aromatic ring is 1. The lowest BCUT2D eigenvalue weighted by Crippen LogP contribution is -2.43. The third kappa shape index (κ3) is 3.62. The van der Waals surface area contributed by atoms with Crippen molar-refractivity contribution in [1.29, 1.82) is 0 Å². The zero-order valence-corrected chi connectivity index (χ0v) is 26.7. The van der Waals surface area contributed by atoms with Crippen LogP contribution in [0.4, 0.5) is 17.1 Å². The van der Waals surface area contributed by atoms with E-state index in [-0.39, 0.29) is 11.5 Å². The summed E-state index contributed by atoms with van der Waals surface area (Å²) in [6.45, 7) is 2.40. The minimum atomic E-state index is -0.262. The van der Waals surface area contributed by atoms with Crippen molar-refractivity contribution in [2.75, 3.05) is 10.6 Å². The Labute approximate surface area is 277 Å². The predicted molar refractivity (Wildman–Crippen MR) is 200 cm³/mol. The summed E-state index contributed by atoms with van der Waals surface area (Å²) in [5.41, 5.74) is 18.2. The molecular formula is C43H31N3S. The normalized spacial score (nSPS) is 18.1. The number of nitrogens with zero attached hydrogens (tertiary/aromatic N) is 2. The summed E-state index contributed by atoms with van der Waals surface area (Å²) >= 11 is 1.94. The maximum atomic E-state index is 6.93. The zero-order chi connectivity index (χ0) is 31.3. The number of hydrogen-bond donors (Lipinski definition) is 1. The SMILES string of the molecule is CC12C=Cc3c(sc4ccccc34)C1c1ccc(-c3cccc(N)c3-n3c4ccccc4c4ccccc43)cc1N2c1ccccc1. The summed E-state index contributed by atoms with van der Waals surface area (Å²) in [6.07, 6.45) is 4.81. The Morgan fingerprint density at radius 2 is 1.36 bits per heavy atom. The number of hydrogen-bond acceptors (Lipinski definition) is 3. The molecule has 0 amide bonds. The number of thiophene rings is 1.